The van der Waals surface area contributed by atoms with Gasteiger partial charge in [0, 0.05) is 6.20 Å². The Morgan fingerprint density at radius 1 is 0.895 bits per heavy atom. The molecule has 1 heterocycles. The van der Waals surface area contributed by atoms with Crippen LogP contribution in [0.25, 0.3) is 11.1 Å². The van der Waals surface area contributed by atoms with Crippen molar-refractivity contribution in [3.63, 3.8) is 0 Å². The summed E-state index contributed by atoms with van der Waals surface area (Å²) >= 11 is 0. The van der Waals surface area contributed by atoms with Gasteiger partial charge in [0.1, 0.15) is 0 Å². The van der Waals surface area contributed by atoms with Gasteiger partial charge in [0.05, 0.1) is 5.69 Å². The Morgan fingerprint density at radius 3 is 2.32 bits per heavy atom. The van der Waals surface area contributed by atoms with Crippen molar-refractivity contribution in [1.82, 2.24) is 4.98 Å². The van der Waals surface area contributed by atoms with Crippen LogP contribution in [0.15, 0.2) is 60.8 Å². The second-order valence-electron chi connectivity index (χ2n) is 4.97. The van der Waals surface area contributed by atoms with Crippen molar-refractivity contribution in [2.75, 3.05) is 0 Å². The molecule has 1 nitrogen and oxygen atoms in total. The lowest BCUT2D eigenvalue weighted by molar-refractivity contribution is 1.05. The summed E-state index contributed by atoms with van der Waals surface area (Å²) in [6.07, 6.45) is 8.50. The average molecular weight is 247 g/mol. The van der Waals surface area contributed by atoms with E-state index in [9.17, 15) is 0 Å². The number of rotatable bonds is 2. The minimum atomic E-state index is 1.07. The third-order valence-corrected chi connectivity index (χ3v) is 3.54. The molecule has 0 spiro atoms. The van der Waals surface area contributed by atoms with Crippen LogP contribution in [-0.2, 0) is 0 Å². The van der Waals surface area contributed by atoms with Gasteiger partial charge in [0.25, 0.3) is 0 Å². The fraction of sp³-hybridized carbons (Fsp3) is 0.167. The maximum Gasteiger partial charge on any atom is 0.0664 e. The molecule has 1 aliphatic rings. The minimum Gasteiger partial charge on any atom is -0.257 e. The van der Waals surface area contributed by atoms with Crippen LogP contribution >= 0.6 is 0 Å². The smallest absolute Gasteiger partial charge is 0.0664 e. The molecule has 2 aromatic rings. The van der Waals surface area contributed by atoms with Crippen LogP contribution < -0.4 is 0 Å². The number of allylic oxidation sites excluding steroid dienone is 4. The Bertz CT molecular complexity index is 636. The maximum atomic E-state index is 4.46. The van der Waals surface area contributed by atoms with Gasteiger partial charge in [-0.3, -0.25) is 4.98 Å². The van der Waals surface area contributed by atoms with Crippen LogP contribution in [0.2, 0.25) is 0 Å². The Labute approximate surface area is 114 Å². The summed E-state index contributed by atoms with van der Waals surface area (Å²) in [4.78, 5) is 4.46. The minimum absolute atomic E-state index is 1.07. The first-order valence-electron chi connectivity index (χ1n) is 6.71. The van der Waals surface area contributed by atoms with Crippen molar-refractivity contribution in [3.05, 3.63) is 77.6 Å². The van der Waals surface area contributed by atoms with Gasteiger partial charge < -0.3 is 0 Å². The molecule has 1 heteroatoms. The van der Waals surface area contributed by atoms with E-state index in [1.165, 1.54) is 22.3 Å². The van der Waals surface area contributed by atoms with Crippen molar-refractivity contribution < 1.29 is 0 Å². The van der Waals surface area contributed by atoms with E-state index in [1.54, 1.807) is 0 Å². The van der Waals surface area contributed by atoms with E-state index >= 15 is 0 Å². The molecular weight excluding hydrogens is 230 g/mol. The summed E-state index contributed by atoms with van der Waals surface area (Å²) in [5, 5.41) is 0. The largest absolute Gasteiger partial charge is 0.257 e. The molecule has 0 fully saturated rings. The summed E-state index contributed by atoms with van der Waals surface area (Å²) in [5.74, 6) is 0. The highest BCUT2D eigenvalue weighted by Gasteiger charge is 2.10. The normalized spacial score (nSPS) is 14.8. The highest BCUT2D eigenvalue weighted by atomic mass is 14.7. The van der Waals surface area contributed by atoms with Crippen LogP contribution in [0.5, 0.6) is 0 Å². The van der Waals surface area contributed by atoms with Gasteiger partial charge in [-0.05, 0) is 54.2 Å². The van der Waals surface area contributed by atoms with E-state index in [-0.39, 0.29) is 0 Å². The fourth-order valence-corrected chi connectivity index (χ4v) is 2.46. The van der Waals surface area contributed by atoms with Crippen molar-refractivity contribution in [1.29, 1.82) is 0 Å². The summed E-state index contributed by atoms with van der Waals surface area (Å²) in [6, 6.07) is 14.8. The van der Waals surface area contributed by atoms with Crippen LogP contribution in [0.4, 0.5) is 0 Å². The van der Waals surface area contributed by atoms with Gasteiger partial charge in [-0.1, -0.05) is 42.5 Å². The van der Waals surface area contributed by atoms with Gasteiger partial charge >= 0.3 is 0 Å². The van der Waals surface area contributed by atoms with Crippen LogP contribution in [0, 0.1) is 6.92 Å². The van der Waals surface area contributed by atoms with E-state index < -0.39 is 0 Å². The molecule has 0 saturated heterocycles. The van der Waals surface area contributed by atoms with Gasteiger partial charge in [0.2, 0.25) is 0 Å². The molecule has 0 bridgehead atoms. The molecule has 0 aliphatic heterocycles. The molecule has 3 rings (SSSR count). The molecule has 0 saturated carbocycles. The molecule has 0 amide bonds. The quantitative estimate of drug-likeness (QED) is 0.752. The number of nitrogens with zero attached hydrogens (tertiary/aromatic N) is 1. The Kier molecular flexibility index (Phi) is 3.28. The van der Waals surface area contributed by atoms with Crippen LogP contribution in [0.3, 0.4) is 0 Å². The predicted octanol–water partition coefficient (Wildman–Crippen LogP) is 4.65. The number of hydrogen-bond donors (Lipinski definition) is 0. The fourth-order valence-electron chi connectivity index (χ4n) is 2.46. The second-order valence-corrected chi connectivity index (χ2v) is 4.97. The molecule has 1 aliphatic carbocycles. The Balaban J connectivity index is 1.89. The summed E-state index contributed by atoms with van der Waals surface area (Å²) in [7, 11) is 0. The molecule has 0 atom stereocenters. The number of aryl methyl sites for hydroxylation is 1. The average Bonchev–Trinajstić information content (AvgIpc) is 2.48. The zero-order chi connectivity index (χ0) is 13.1. The van der Waals surface area contributed by atoms with Crippen molar-refractivity contribution in [3.8, 4) is 0 Å². The Hall–Kier alpha value is -2.15. The first-order valence-corrected chi connectivity index (χ1v) is 6.71. The number of pyridine rings is 1. The van der Waals surface area contributed by atoms with Crippen molar-refractivity contribution in [2.24, 2.45) is 0 Å². The number of aromatic nitrogens is 1. The zero-order valence-electron chi connectivity index (χ0n) is 11.1. The highest BCUT2D eigenvalue weighted by Crippen LogP contribution is 2.30. The first kappa shape index (κ1) is 11.9. The van der Waals surface area contributed by atoms with Crippen molar-refractivity contribution >= 4 is 11.1 Å². The lowest BCUT2D eigenvalue weighted by Gasteiger charge is -2.15. The lowest BCUT2D eigenvalue weighted by atomic mass is 9.91. The van der Waals surface area contributed by atoms with Gasteiger partial charge in [-0.25, -0.2) is 0 Å². The van der Waals surface area contributed by atoms with Gasteiger partial charge in [-0.2, -0.15) is 0 Å². The lowest BCUT2D eigenvalue weighted by Crippen LogP contribution is -1.96. The number of benzene rings is 1. The van der Waals surface area contributed by atoms with E-state index in [1.807, 2.05) is 12.3 Å². The van der Waals surface area contributed by atoms with E-state index in [0.29, 0.717) is 0 Å². The van der Waals surface area contributed by atoms with E-state index in [2.05, 4.69) is 60.5 Å². The SMILES string of the molecule is Cc1ccnc(C2=CC=C(c3ccccc3)CC2)c1. The number of hydrogen-bond acceptors (Lipinski definition) is 1. The molecule has 0 unspecified atom stereocenters. The van der Waals surface area contributed by atoms with Crippen molar-refractivity contribution in [2.45, 2.75) is 19.8 Å². The molecule has 19 heavy (non-hydrogen) atoms. The summed E-state index contributed by atoms with van der Waals surface area (Å²) < 4.78 is 0. The Morgan fingerprint density at radius 2 is 1.63 bits per heavy atom. The molecule has 94 valence electrons. The van der Waals surface area contributed by atoms with Crippen LogP contribution in [-0.4, -0.2) is 4.98 Å². The molecule has 1 aromatic carbocycles. The van der Waals surface area contributed by atoms with E-state index in [4.69, 9.17) is 0 Å². The van der Waals surface area contributed by atoms with Gasteiger partial charge in [-0.15, -0.1) is 0 Å². The molecular formula is C18H17N. The monoisotopic (exact) mass is 247 g/mol. The third-order valence-electron chi connectivity index (χ3n) is 3.54. The highest BCUT2D eigenvalue weighted by molar-refractivity contribution is 5.77. The first-order chi connectivity index (χ1) is 9.33. The third kappa shape index (κ3) is 2.65. The van der Waals surface area contributed by atoms with Crippen LogP contribution in [0.1, 0.15) is 29.7 Å². The molecule has 0 N–H and O–H groups in total. The summed E-state index contributed by atoms with van der Waals surface area (Å²) in [6.45, 7) is 2.11. The van der Waals surface area contributed by atoms with E-state index in [0.717, 1.165) is 18.5 Å². The maximum absolute atomic E-state index is 4.46. The predicted molar refractivity (Wildman–Crippen MR) is 80.6 cm³/mol. The molecule has 1 aromatic heterocycles. The standard InChI is InChI=1S/C18H17N/c1-14-11-12-19-18(13-14)17-9-7-16(8-10-17)15-5-3-2-4-6-15/h2-7,9,11-13H,8,10H2,1H3. The topological polar surface area (TPSA) is 12.9 Å². The zero-order valence-corrected chi connectivity index (χ0v) is 11.1. The second kappa shape index (κ2) is 5.23. The molecule has 0 radical (unpaired) electrons. The van der Waals surface area contributed by atoms with Gasteiger partial charge in [0.15, 0.2) is 0 Å². The summed E-state index contributed by atoms with van der Waals surface area (Å²) in [5.41, 5.74) is 6.46.